The van der Waals surface area contributed by atoms with Crippen molar-refractivity contribution < 1.29 is 14.6 Å². The predicted molar refractivity (Wildman–Crippen MR) is 110 cm³/mol. The van der Waals surface area contributed by atoms with E-state index in [1.165, 1.54) is 0 Å². The number of unbranched alkanes of at least 4 members (excludes halogenated alkanes) is 2. The lowest BCUT2D eigenvalue weighted by Gasteiger charge is -2.31. The van der Waals surface area contributed by atoms with E-state index in [9.17, 15) is 4.79 Å². The Balaban J connectivity index is 4.32. The van der Waals surface area contributed by atoms with Gasteiger partial charge in [-0.15, -0.1) is 0 Å². The lowest BCUT2D eigenvalue weighted by atomic mass is 10.1. The van der Waals surface area contributed by atoms with E-state index in [4.69, 9.17) is 9.84 Å². The summed E-state index contributed by atoms with van der Waals surface area (Å²) in [5, 5.41) is 9.02. The zero-order valence-electron chi connectivity index (χ0n) is 18.5. The van der Waals surface area contributed by atoms with E-state index < -0.39 is 6.16 Å². The van der Waals surface area contributed by atoms with E-state index >= 15 is 0 Å². The van der Waals surface area contributed by atoms with Gasteiger partial charge in [-0.3, -0.25) is 9.80 Å². The summed E-state index contributed by atoms with van der Waals surface area (Å²) in [6, 6.07) is 2.05. The van der Waals surface area contributed by atoms with Crippen LogP contribution in [0, 0.1) is 0 Å². The Bertz CT molecular complexity index is 354. The van der Waals surface area contributed by atoms with Crippen LogP contribution in [0.3, 0.4) is 0 Å². The molecule has 1 unspecified atom stereocenters. The molecule has 0 spiro atoms. The van der Waals surface area contributed by atoms with Crippen LogP contribution in [0.5, 0.6) is 0 Å². The SMILES string of the molecule is CC(C)N(CCCCCC(CCN(C(C)C)C(C)C)OC(=O)O)C(C)C. The quantitative estimate of drug-likeness (QED) is 0.334. The summed E-state index contributed by atoms with van der Waals surface area (Å²) in [4.78, 5) is 15.9. The van der Waals surface area contributed by atoms with Crippen molar-refractivity contribution >= 4 is 6.16 Å². The topological polar surface area (TPSA) is 53.0 Å². The summed E-state index contributed by atoms with van der Waals surface area (Å²) in [5.74, 6) is 0. The number of hydrogen-bond acceptors (Lipinski definition) is 4. The average molecular weight is 373 g/mol. The summed E-state index contributed by atoms with van der Waals surface area (Å²) in [6.07, 6.45) is 3.53. The highest BCUT2D eigenvalue weighted by molar-refractivity contribution is 5.57. The Morgan fingerprint density at radius 1 is 0.731 bits per heavy atom. The van der Waals surface area contributed by atoms with Crippen molar-refractivity contribution in [3.63, 3.8) is 0 Å². The maximum Gasteiger partial charge on any atom is 0.506 e. The fraction of sp³-hybridized carbons (Fsp3) is 0.952. The molecule has 0 heterocycles. The molecule has 0 aromatic carbocycles. The number of nitrogens with zero attached hydrogens (tertiary/aromatic N) is 2. The van der Waals surface area contributed by atoms with E-state index in [-0.39, 0.29) is 6.10 Å². The second-order valence-corrected chi connectivity index (χ2v) is 8.49. The van der Waals surface area contributed by atoms with Crippen LogP contribution >= 0.6 is 0 Å². The van der Waals surface area contributed by atoms with Gasteiger partial charge < -0.3 is 9.84 Å². The van der Waals surface area contributed by atoms with Crippen molar-refractivity contribution in [3.05, 3.63) is 0 Å². The largest absolute Gasteiger partial charge is 0.506 e. The van der Waals surface area contributed by atoms with E-state index in [1.54, 1.807) is 0 Å². The van der Waals surface area contributed by atoms with Crippen LogP contribution in [0.2, 0.25) is 0 Å². The van der Waals surface area contributed by atoms with Crippen LogP contribution in [0.15, 0.2) is 0 Å². The Morgan fingerprint density at radius 3 is 1.62 bits per heavy atom. The van der Waals surface area contributed by atoms with Gasteiger partial charge in [0.1, 0.15) is 6.10 Å². The molecule has 0 saturated carbocycles. The number of rotatable bonds is 14. The van der Waals surface area contributed by atoms with Gasteiger partial charge in [-0.2, -0.15) is 0 Å². The van der Waals surface area contributed by atoms with Crippen molar-refractivity contribution in [1.82, 2.24) is 9.80 Å². The Kier molecular flexibility index (Phi) is 13.0. The molecule has 0 rings (SSSR count). The zero-order valence-corrected chi connectivity index (χ0v) is 18.5. The first kappa shape index (κ1) is 25.2. The Labute approximate surface area is 162 Å². The normalized spacial score (nSPS) is 13.6. The first-order valence-electron chi connectivity index (χ1n) is 10.5. The van der Waals surface area contributed by atoms with Gasteiger partial charge in [-0.25, -0.2) is 4.79 Å². The van der Waals surface area contributed by atoms with Crippen LogP contribution in [-0.2, 0) is 4.74 Å². The minimum absolute atomic E-state index is 0.196. The van der Waals surface area contributed by atoms with Crippen LogP contribution in [0.1, 0.15) is 87.5 Å². The smallest absolute Gasteiger partial charge is 0.450 e. The molecule has 5 heteroatoms. The number of hydrogen-bond donors (Lipinski definition) is 1. The molecule has 26 heavy (non-hydrogen) atoms. The molecule has 0 amide bonds. The standard InChI is InChI=1S/C21H44N2O3/c1-16(2)22(17(3)4)14-11-9-10-12-20(26-21(24)25)13-15-23(18(5)6)19(7)8/h16-20H,9-15H2,1-8H3,(H,24,25). The predicted octanol–water partition coefficient (Wildman–Crippen LogP) is 5.24. The van der Waals surface area contributed by atoms with E-state index in [0.29, 0.717) is 24.2 Å². The van der Waals surface area contributed by atoms with Gasteiger partial charge in [-0.05, 0) is 87.6 Å². The number of ether oxygens (including phenoxy) is 1. The molecule has 0 aliphatic rings. The summed E-state index contributed by atoms with van der Waals surface area (Å²) in [7, 11) is 0. The molecule has 0 fully saturated rings. The molecule has 0 aromatic rings. The van der Waals surface area contributed by atoms with Crippen molar-refractivity contribution in [1.29, 1.82) is 0 Å². The highest BCUT2D eigenvalue weighted by atomic mass is 16.7. The van der Waals surface area contributed by atoms with Crippen LogP contribution in [0.25, 0.3) is 0 Å². The van der Waals surface area contributed by atoms with E-state index in [0.717, 1.165) is 45.2 Å². The van der Waals surface area contributed by atoms with Gasteiger partial charge in [0.05, 0.1) is 0 Å². The zero-order chi connectivity index (χ0) is 20.3. The molecule has 0 radical (unpaired) electrons. The molecule has 0 aromatic heterocycles. The monoisotopic (exact) mass is 372 g/mol. The summed E-state index contributed by atoms with van der Waals surface area (Å²) in [6.45, 7) is 19.7. The fourth-order valence-corrected chi connectivity index (χ4v) is 3.77. The third kappa shape index (κ3) is 11.0. The minimum atomic E-state index is -1.15. The molecular weight excluding hydrogens is 328 g/mol. The molecule has 0 aliphatic carbocycles. The van der Waals surface area contributed by atoms with Crippen molar-refractivity contribution in [2.75, 3.05) is 13.1 Å². The first-order valence-corrected chi connectivity index (χ1v) is 10.5. The van der Waals surface area contributed by atoms with Crippen LogP contribution in [0.4, 0.5) is 4.79 Å². The number of carbonyl (C=O) groups is 1. The molecular formula is C21H44N2O3. The lowest BCUT2D eigenvalue weighted by molar-refractivity contribution is 0.0343. The summed E-state index contributed by atoms with van der Waals surface area (Å²) < 4.78 is 5.14. The van der Waals surface area contributed by atoms with Crippen molar-refractivity contribution in [2.45, 2.75) is 118 Å². The maximum absolute atomic E-state index is 11.0. The molecule has 0 bridgehead atoms. The van der Waals surface area contributed by atoms with Gasteiger partial charge >= 0.3 is 6.16 Å². The van der Waals surface area contributed by atoms with Gasteiger partial charge in [0.15, 0.2) is 0 Å². The highest BCUT2D eigenvalue weighted by Gasteiger charge is 2.19. The van der Waals surface area contributed by atoms with Gasteiger partial charge in [-0.1, -0.05) is 6.42 Å². The van der Waals surface area contributed by atoms with Crippen LogP contribution in [-0.4, -0.2) is 64.4 Å². The maximum atomic E-state index is 11.0. The number of carboxylic acid groups (broad SMARTS) is 1. The van der Waals surface area contributed by atoms with Gasteiger partial charge in [0.25, 0.3) is 0 Å². The van der Waals surface area contributed by atoms with E-state index in [1.807, 2.05) is 0 Å². The molecule has 156 valence electrons. The first-order chi connectivity index (χ1) is 12.1. The third-order valence-electron chi connectivity index (χ3n) is 5.07. The van der Waals surface area contributed by atoms with Crippen molar-refractivity contribution in [3.8, 4) is 0 Å². The van der Waals surface area contributed by atoms with Crippen molar-refractivity contribution in [2.24, 2.45) is 0 Å². The van der Waals surface area contributed by atoms with E-state index in [2.05, 4.69) is 65.2 Å². The van der Waals surface area contributed by atoms with Crippen LogP contribution < -0.4 is 0 Å². The lowest BCUT2D eigenvalue weighted by Crippen LogP contribution is -2.39. The second-order valence-electron chi connectivity index (χ2n) is 8.49. The molecule has 0 aliphatic heterocycles. The third-order valence-corrected chi connectivity index (χ3v) is 5.07. The molecule has 1 atom stereocenters. The fourth-order valence-electron chi connectivity index (χ4n) is 3.77. The van der Waals surface area contributed by atoms with Gasteiger partial charge in [0.2, 0.25) is 0 Å². The molecule has 0 saturated heterocycles. The Morgan fingerprint density at radius 2 is 1.19 bits per heavy atom. The summed E-state index contributed by atoms with van der Waals surface area (Å²) >= 11 is 0. The minimum Gasteiger partial charge on any atom is -0.450 e. The van der Waals surface area contributed by atoms with Gasteiger partial charge in [0, 0.05) is 30.7 Å². The Hall–Kier alpha value is -0.810. The highest BCUT2D eigenvalue weighted by Crippen LogP contribution is 2.15. The summed E-state index contributed by atoms with van der Waals surface area (Å²) in [5.41, 5.74) is 0. The average Bonchev–Trinajstić information content (AvgIpc) is 2.48. The second kappa shape index (κ2) is 13.4. The molecule has 5 nitrogen and oxygen atoms in total. The molecule has 1 N–H and O–H groups in total.